The van der Waals surface area contributed by atoms with Crippen LogP contribution in [0, 0.1) is 6.92 Å². The number of aryl methyl sites for hydroxylation is 1. The lowest BCUT2D eigenvalue weighted by Gasteiger charge is -2.20. The largest absolute Gasteiger partial charge is 0.480 e. The molecule has 144 valence electrons. The summed E-state index contributed by atoms with van der Waals surface area (Å²) >= 11 is 1.15. The zero-order chi connectivity index (χ0) is 19.8. The summed E-state index contributed by atoms with van der Waals surface area (Å²) in [6, 6.07) is 8.80. The quantitative estimate of drug-likeness (QED) is 0.730. The maximum Gasteiger partial charge on any atom is 0.326 e. The molecular formula is C20H19N3O4S. The van der Waals surface area contributed by atoms with Crippen molar-refractivity contribution in [1.82, 2.24) is 14.5 Å². The van der Waals surface area contributed by atoms with E-state index in [0.717, 1.165) is 16.9 Å². The van der Waals surface area contributed by atoms with Gasteiger partial charge in [-0.2, -0.15) is 0 Å². The Hall–Kier alpha value is -3.00. The van der Waals surface area contributed by atoms with Crippen LogP contribution in [-0.2, 0) is 11.3 Å². The Balaban J connectivity index is 1.73. The van der Waals surface area contributed by atoms with E-state index in [2.05, 4.69) is 4.98 Å². The second kappa shape index (κ2) is 7.20. The zero-order valence-corrected chi connectivity index (χ0v) is 16.1. The highest BCUT2D eigenvalue weighted by Crippen LogP contribution is 2.30. The van der Waals surface area contributed by atoms with Crippen molar-refractivity contribution in [3.8, 4) is 0 Å². The van der Waals surface area contributed by atoms with Gasteiger partial charge in [0.25, 0.3) is 11.5 Å². The number of amides is 1. The number of carboxylic acid groups (broad SMARTS) is 1. The predicted molar refractivity (Wildman–Crippen MR) is 106 cm³/mol. The van der Waals surface area contributed by atoms with Crippen LogP contribution in [0.5, 0.6) is 0 Å². The molecule has 8 heteroatoms. The monoisotopic (exact) mass is 397 g/mol. The first-order valence-electron chi connectivity index (χ1n) is 9.03. The third-order valence-electron chi connectivity index (χ3n) is 5.11. The third-order valence-corrected chi connectivity index (χ3v) is 6.29. The molecule has 0 spiro atoms. The Morgan fingerprint density at radius 3 is 2.75 bits per heavy atom. The molecule has 1 unspecified atom stereocenters. The lowest BCUT2D eigenvalue weighted by Crippen LogP contribution is -2.40. The maximum atomic E-state index is 13.0. The fourth-order valence-electron chi connectivity index (χ4n) is 3.65. The third kappa shape index (κ3) is 3.09. The van der Waals surface area contributed by atoms with Crippen molar-refractivity contribution in [2.24, 2.45) is 0 Å². The van der Waals surface area contributed by atoms with Crippen LogP contribution in [0.1, 0.15) is 33.6 Å². The number of fused-ring (bicyclic) bond motifs is 1. The van der Waals surface area contributed by atoms with Crippen LogP contribution in [-0.4, -0.2) is 44.0 Å². The van der Waals surface area contributed by atoms with Gasteiger partial charge in [0.05, 0.1) is 23.1 Å². The van der Waals surface area contributed by atoms with E-state index in [1.165, 1.54) is 15.8 Å². The fraction of sp³-hybridized carbons (Fsp3) is 0.300. The van der Waals surface area contributed by atoms with Crippen molar-refractivity contribution < 1.29 is 14.7 Å². The van der Waals surface area contributed by atoms with Gasteiger partial charge in [-0.1, -0.05) is 30.3 Å². The summed E-state index contributed by atoms with van der Waals surface area (Å²) < 4.78 is 1.53. The van der Waals surface area contributed by atoms with Crippen molar-refractivity contribution in [2.75, 3.05) is 6.54 Å². The summed E-state index contributed by atoms with van der Waals surface area (Å²) in [6.07, 6.45) is 2.61. The van der Waals surface area contributed by atoms with Crippen LogP contribution in [0.3, 0.4) is 0 Å². The number of carbonyl (C=O) groups is 2. The molecule has 1 fully saturated rings. The molecule has 1 aliphatic rings. The van der Waals surface area contributed by atoms with Crippen LogP contribution in [0.15, 0.2) is 41.5 Å². The van der Waals surface area contributed by atoms with Crippen molar-refractivity contribution in [3.05, 3.63) is 63.0 Å². The van der Waals surface area contributed by atoms with Crippen LogP contribution < -0.4 is 5.56 Å². The minimum Gasteiger partial charge on any atom is -0.480 e. The molecule has 0 aliphatic carbocycles. The number of hydrogen-bond acceptors (Lipinski definition) is 5. The van der Waals surface area contributed by atoms with E-state index in [1.54, 1.807) is 6.92 Å². The molecule has 2 aromatic heterocycles. The first kappa shape index (κ1) is 18.4. The number of aromatic nitrogens is 2. The van der Waals surface area contributed by atoms with E-state index >= 15 is 0 Å². The molecule has 1 amide bonds. The maximum absolute atomic E-state index is 13.0. The minimum absolute atomic E-state index is 0.196. The van der Waals surface area contributed by atoms with Crippen LogP contribution in [0.25, 0.3) is 10.2 Å². The predicted octanol–water partition coefficient (Wildman–Crippen LogP) is 2.50. The second-order valence-electron chi connectivity index (χ2n) is 6.89. The molecule has 1 atom stereocenters. The Morgan fingerprint density at radius 1 is 1.29 bits per heavy atom. The number of rotatable bonds is 4. The molecule has 3 heterocycles. The second-order valence-corrected chi connectivity index (χ2v) is 7.89. The SMILES string of the molecule is Cc1c(C(=O)N2CCCC2C(=O)O)sc2ncn(Cc3ccccc3)c(=O)c12. The standard InChI is InChI=1S/C20H19N3O4S/c1-12-15-17(21-11-22(18(15)24)10-13-6-3-2-4-7-13)28-16(12)19(25)23-9-5-8-14(23)20(26)27/h2-4,6-7,11,14H,5,8-10H2,1H3,(H,26,27). The molecule has 7 nitrogen and oxygen atoms in total. The molecule has 0 saturated carbocycles. The number of thiophene rings is 1. The van der Waals surface area contributed by atoms with Crippen molar-refractivity contribution in [3.63, 3.8) is 0 Å². The van der Waals surface area contributed by atoms with Gasteiger partial charge in [-0.25, -0.2) is 9.78 Å². The molecular weight excluding hydrogens is 378 g/mol. The van der Waals surface area contributed by atoms with Gasteiger partial charge in [-0.05, 0) is 30.9 Å². The minimum atomic E-state index is -0.993. The number of carbonyl (C=O) groups excluding carboxylic acids is 1. The average molecular weight is 397 g/mol. The van der Waals surface area contributed by atoms with E-state index in [0.29, 0.717) is 46.6 Å². The molecule has 0 radical (unpaired) electrons. The topological polar surface area (TPSA) is 92.5 Å². The number of carboxylic acids is 1. The summed E-state index contributed by atoms with van der Waals surface area (Å²) in [6.45, 7) is 2.54. The Labute approximate surface area is 164 Å². The summed E-state index contributed by atoms with van der Waals surface area (Å²) in [5.74, 6) is -1.33. The molecule has 0 bridgehead atoms. The van der Waals surface area contributed by atoms with Gasteiger partial charge in [0, 0.05) is 6.54 Å². The summed E-state index contributed by atoms with van der Waals surface area (Å²) in [4.78, 5) is 44.1. The zero-order valence-electron chi connectivity index (χ0n) is 15.3. The number of aliphatic carboxylic acids is 1. The van der Waals surface area contributed by atoms with Crippen LogP contribution >= 0.6 is 11.3 Å². The molecule has 1 N–H and O–H groups in total. The number of hydrogen-bond donors (Lipinski definition) is 1. The van der Waals surface area contributed by atoms with E-state index in [4.69, 9.17) is 0 Å². The summed E-state index contributed by atoms with van der Waals surface area (Å²) in [5, 5.41) is 9.78. The van der Waals surface area contributed by atoms with E-state index < -0.39 is 12.0 Å². The van der Waals surface area contributed by atoms with Crippen molar-refractivity contribution in [1.29, 1.82) is 0 Å². The lowest BCUT2D eigenvalue weighted by molar-refractivity contribution is -0.141. The average Bonchev–Trinajstić information content (AvgIpc) is 3.30. The number of benzene rings is 1. The molecule has 28 heavy (non-hydrogen) atoms. The highest BCUT2D eigenvalue weighted by atomic mass is 32.1. The van der Waals surface area contributed by atoms with Gasteiger partial charge in [-0.15, -0.1) is 11.3 Å². The summed E-state index contributed by atoms with van der Waals surface area (Å²) in [5.41, 5.74) is 1.36. The van der Waals surface area contributed by atoms with Gasteiger partial charge in [0.15, 0.2) is 0 Å². The first-order valence-corrected chi connectivity index (χ1v) is 9.85. The van der Waals surface area contributed by atoms with Gasteiger partial charge >= 0.3 is 5.97 Å². The molecule has 1 aromatic carbocycles. The van der Waals surface area contributed by atoms with E-state index in [9.17, 15) is 19.5 Å². The normalized spacial score (nSPS) is 16.6. The Kier molecular flexibility index (Phi) is 4.72. The lowest BCUT2D eigenvalue weighted by atomic mass is 10.1. The molecule has 3 aromatic rings. The van der Waals surface area contributed by atoms with Gasteiger partial charge in [-0.3, -0.25) is 14.2 Å². The Bertz CT molecular complexity index is 1120. The van der Waals surface area contributed by atoms with E-state index in [1.807, 2.05) is 30.3 Å². The molecule has 1 aliphatic heterocycles. The smallest absolute Gasteiger partial charge is 0.326 e. The fourth-order valence-corrected chi connectivity index (χ4v) is 4.75. The number of likely N-dealkylation sites (tertiary alicyclic amines) is 1. The summed E-state index contributed by atoms with van der Waals surface area (Å²) in [7, 11) is 0. The first-order chi connectivity index (χ1) is 13.5. The van der Waals surface area contributed by atoms with Crippen molar-refractivity contribution >= 4 is 33.4 Å². The van der Waals surface area contributed by atoms with Gasteiger partial charge in [0.1, 0.15) is 10.9 Å². The Morgan fingerprint density at radius 2 is 2.04 bits per heavy atom. The molecule has 4 rings (SSSR count). The highest BCUT2D eigenvalue weighted by molar-refractivity contribution is 7.20. The number of nitrogens with zero attached hydrogens (tertiary/aromatic N) is 3. The molecule has 1 saturated heterocycles. The van der Waals surface area contributed by atoms with Crippen LogP contribution in [0.2, 0.25) is 0 Å². The van der Waals surface area contributed by atoms with E-state index in [-0.39, 0.29) is 11.5 Å². The highest BCUT2D eigenvalue weighted by Gasteiger charge is 2.36. The van der Waals surface area contributed by atoms with Crippen molar-refractivity contribution in [2.45, 2.75) is 32.4 Å². The van der Waals surface area contributed by atoms with Crippen LogP contribution in [0.4, 0.5) is 0 Å². The van der Waals surface area contributed by atoms with Gasteiger partial charge < -0.3 is 10.0 Å². The van der Waals surface area contributed by atoms with Gasteiger partial charge in [0.2, 0.25) is 0 Å².